The molecule has 0 bridgehead atoms. The zero-order valence-corrected chi connectivity index (χ0v) is 20.3. The highest BCUT2D eigenvalue weighted by atomic mass is 16.3. The number of carbonyl (C=O) groups is 1. The molecular formula is C26H34N4O4. The van der Waals surface area contributed by atoms with E-state index in [2.05, 4.69) is 15.3 Å². The second kappa shape index (κ2) is 11.4. The predicted octanol–water partition coefficient (Wildman–Crippen LogP) is 3.97. The van der Waals surface area contributed by atoms with Crippen molar-refractivity contribution in [1.82, 2.24) is 14.5 Å². The van der Waals surface area contributed by atoms with Gasteiger partial charge in [-0.1, -0.05) is 27.2 Å². The van der Waals surface area contributed by atoms with Crippen LogP contribution in [0.15, 0.2) is 35.4 Å². The van der Waals surface area contributed by atoms with Crippen LogP contribution in [0.1, 0.15) is 63.8 Å². The number of anilines is 1. The van der Waals surface area contributed by atoms with Crippen LogP contribution < -0.4 is 10.9 Å². The molecule has 182 valence electrons. The topological polar surface area (TPSA) is 117 Å². The molecule has 4 rings (SSSR count). The number of nitrogens with zero attached hydrogens (tertiary/aromatic N) is 3. The van der Waals surface area contributed by atoms with Gasteiger partial charge in [0.05, 0.1) is 23.9 Å². The normalized spacial score (nSPS) is 13.8. The van der Waals surface area contributed by atoms with Crippen molar-refractivity contribution in [2.75, 3.05) is 11.9 Å². The molecule has 3 aromatic heterocycles. The van der Waals surface area contributed by atoms with Gasteiger partial charge in [0.15, 0.2) is 0 Å². The van der Waals surface area contributed by atoms with Crippen molar-refractivity contribution < 1.29 is 15.0 Å². The summed E-state index contributed by atoms with van der Waals surface area (Å²) < 4.78 is 1.50. The lowest BCUT2D eigenvalue weighted by Crippen LogP contribution is -2.24. The molecule has 0 radical (unpaired) electrons. The highest BCUT2D eigenvalue weighted by molar-refractivity contribution is 5.95. The molecule has 3 aromatic rings. The summed E-state index contributed by atoms with van der Waals surface area (Å²) in [5, 5.41) is 23.3. The molecule has 3 heterocycles. The van der Waals surface area contributed by atoms with Gasteiger partial charge in [0, 0.05) is 47.4 Å². The zero-order valence-electron chi connectivity index (χ0n) is 20.3. The van der Waals surface area contributed by atoms with Crippen LogP contribution >= 0.6 is 0 Å². The Kier molecular flexibility index (Phi) is 8.52. The first-order chi connectivity index (χ1) is 16.4. The van der Waals surface area contributed by atoms with Crippen LogP contribution in [0.3, 0.4) is 0 Å². The molecule has 1 aliphatic carbocycles. The van der Waals surface area contributed by atoms with E-state index < -0.39 is 6.10 Å². The fourth-order valence-corrected chi connectivity index (χ4v) is 3.89. The van der Waals surface area contributed by atoms with E-state index in [-0.39, 0.29) is 30.5 Å². The van der Waals surface area contributed by atoms with Gasteiger partial charge in [-0.3, -0.25) is 14.6 Å². The largest absolute Gasteiger partial charge is 0.395 e. The molecule has 8 nitrogen and oxygen atoms in total. The molecular weight excluding hydrogens is 432 g/mol. The average Bonchev–Trinajstić information content (AvgIpc) is 3.68. The minimum atomic E-state index is -0.635. The molecule has 0 aromatic carbocycles. The van der Waals surface area contributed by atoms with E-state index in [9.17, 15) is 19.8 Å². The summed E-state index contributed by atoms with van der Waals surface area (Å²) in [6, 6.07) is 5.24. The van der Waals surface area contributed by atoms with E-state index >= 15 is 0 Å². The van der Waals surface area contributed by atoms with E-state index in [1.165, 1.54) is 4.57 Å². The van der Waals surface area contributed by atoms with Gasteiger partial charge < -0.3 is 20.1 Å². The maximum atomic E-state index is 13.4. The Morgan fingerprint density at radius 2 is 1.91 bits per heavy atom. The van der Waals surface area contributed by atoms with Crippen LogP contribution in [0, 0.1) is 12.8 Å². The summed E-state index contributed by atoms with van der Waals surface area (Å²) in [4.78, 5) is 34.2. The summed E-state index contributed by atoms with van der Waals surface area (Å²) in [5.74, 6) is 0.376. The molecule has 1 unspecified atom stereocenters. The molecule has 3 N–H and O–H groups in total. The Labute approximate surface area is 199 Å². The standard InChI is InChI=1S/C24H28N4O4.C2H6/c1-3-4-21(30)19-9-14(2)18(13-25-19)17-10-16-12-26-22(27-23(31)15-5-6-15)11-20(16)28(7-8-29)24(17)32;1-2/h9-13,15,21,29-30H,3-8H2,1-2H3,(H,26,27,31);1-2H3. The lowest BCUT2D eigenvalue weighted by atomic mass is 10.00. The number of fused-ring (bicyclic) bond motifs is 1. The maximum absolute atomic E-state index is 13.4. The number of hydrogen-bond acceptors (Lipinski definition) is 6. The summed E-state index contributed by atoms with van der Waals surface area (Å²) in [5.41, 5.74) is 2.87. The number of aromatic nitrogens is 3. The molecule has 1 aliphatic rings. The molecule has 1 fully saturated rings. The van der Waals surface area contributed by atoms with Crippen molar-refractivity contribution in [2.45, 2.75) is 66.0 Å². The number of amides is 1. The average molecular weight is 467 g/mol. The molecule has 0 aliphatic heterocycles. The summed E-state index contributed by atoms with van der Waals surface area (Å²) in [7, 11) is 0. The molecule has 0 saturated heterocycles. The minimum absolute atomic E-state index is 0.0452. The first-order valence-corrected chi connectivity index (χ1v) is 12.0. The Morgan fingerprint density at radius 1 is 1.18 bits per heavy atom. The number of nitrogens with one attached hydrogen (secondary N) is 1. The summed E-state index contributed by atoms with van der Waals surface area (Å²) in [6.07, 6.45) is 5.85. The summed E-state index contributed by atoms with van der Waals surface area (Å²) >= 11 is 0. The zero-order chi connectivity index (χ0) is 24.8. The number of rotatable bonds is 8. The van der Waals surface area contributed by atoms with Crippen LogP contribution in [0.5, 0.6) is 0 Å². The number of pyridine rings is 3. The van der Waals surface area contributed by atoms with Crippen molar-refractivity contribution in [3.8, 4) is 11.1 Å². The van der Waals surface area contributed by atoms with E-state index in [0.717, 1.165) is 24.8 Å². The van der Waals surface area contributed by atoms with E-state index in [4.69, 9.17) is 0 Å². The second-order valence-electron chi connectivity index (χ2n) is 8.36. The lowest BCUT2D eigenvalue weighted by Gasteiger charge is -2.15. The maximum Gasteiger partial charge on any atom is 0.259 e. The minimum Gasteiger partial charge on any atom is -0.395 e. The summed E-state index contributed by atoms with van der Waals surface area (Å²) in [6.45, 7) is 7.79. The second-order valence-corrected chi connectivity index (χ2v) is 8.36. The van der Waals surface area contributed by atoms with Crippen molar-refractivity contribution >= 4 is 22.6 Å². The van der Waals surface area contributed by atoms with Gasteiger partial charge in [-0.15, -0.1) is 0 Å². The van der Waals surface area contributed by atoms with Gasteiger partial charge in [-0.25, -0.2) is 4.98 Å². The highest BCUT2D eigenvalue weighted by Crippen LogP contribution is 2.31. The number of aliphatic hydroxyl groups excluding tert-OH is 2. The van der Waals surface area contributed by atoms with E-state index in [1.54, 1.807) is 24.5 Å². The van der Waals surface area contributed by atoms with Crippen molar-refractivity contribution in [3.63, 3.8) is 0 Å². The molecule has 1 atom stereocenters. The van der Waals surface area contributed by atoms with Crippen LogP contribution in [0.25, 0.3) is 22.0 Å². The van der Waals surface area contributed by atoms with Gasteiger partial charge in [-0.2, -0.15) is 0 Å². The SMILES string of the molecule is CC.CCCC(O)c1cc(C)c(-c2cc3cnc(NC(=O)C4CC4)cc3n(CCO)c2=O)cn1. The van der Waals surface area contributed by atoms with Crippen molar-refractivity contribution in [1.29, 1.82) is 0 Å². The van der Waals surface area contributed by atoms with Crippen LogP contribution in [-0.4, -0.2) is 37.3 Å². The Bertz CT molecular complexity index is 1220. The number of aryl methyl sites for hydroxylation is 1. The molecule has 34 heavy (non-hydrogen) atoms. The number of aliphatic hydroxyl groups is 2. The monoisotopic (exact) mass is 466 g/mol. The third-order valence-electron chi connectivity index (χ3n) is 5.83. The number of hydrogen-bond donors (Lipinski definition) is 3. The highest BCUT2D eigenvalue weighted by Gasteiger charge is 2.30. The van der Waals surface area contributed by atoms with Gasteiger partial charge in [0.1, 0.15) is 5.82 Å². The Hall–Kier alpha value is -3.10. The lowest BCUT2D eigenvalue weighted by molar-refractivity contribution is -0.117. The molecule has 1 amide bonds. The first kappa shape index (κ1) is 25.5. The quantitative estimate of drug-likeness (QED) is 0.462. The fraction of sp³-hybridized carbons (Fsp3) is 0.462. The first-order valence-electron chi connectivity index (χ1n) is 12.0. The third-order valence-corrected chi connectivity index (χ3v) is 5.83. The van der Waals surface area contributed by atoms with Crippen LogP contribution in [0.4, 0.5) is 5.82 Å². The fourth-order valence-electron chi connectivity index (χ4n) is 3.89. The van der Waals surface area contributed by atoms with Crippen LogP contribution in [-0.2, 0) is 11.3 Å². The van der Waals surface area contributed by atoms with Gasteiger partial charge >= 0.3 is 0 Å². The Balaban J connectivity index is 0.00000158. The van der Waals surface area contributed by atoms with Crippen LogP contribution in [0.2, 0.25) is 0 Å². The third kappa shape index (κ3) is 5.51. The molecule has 1 saturated carbocycles. The van der Waals surface area contributed by atoms with Gasteiger partial charge in [0.2, 0.25) is 5.91 Å². The van der Waals surface area contributed by atoms with Crippen molar-refractivity contribution in [2.24, 2.45) is 5.92 Å². The van der Waals surface area contributed by atoms with Gasteiger partial charge in [0.25, 0.3) is 5.56 Å². The van der Waals surface area contributed by atoms with E-state index in [1.807, 2.05) is 33.8 Å². The molecule has 8 heteroatoms. The van der Waals surface area contributed by atoms with E-state index in [0.29, 0.717) is 40.0 Å². The van der Waals surface area contributed by atoms with Crippen molar-refractivity contribution in [3.05, 3.63) is 52.2 Å². The Morgan fingerprint density at radius 3 is 2.53 bits per heavy atom. The molecule has 0 spiro atoms. The number of carbonyl (C=O) groups excluding carboxylic acids is 1. The predicted molar refractivity (Wildman–Crippen MR) is 134 cm³/mol. The smallest absolute Gasteiger partial charge is 0.259 e. The van der Waals surface area contributed by atoms with Gasteiger partial charge in [-0.05, 0) is 43.9 Å².